The van der Waals surface area contributed by atoms with Crippen molar-refractivity contribution in [1.29, 1.82) is 0 Å². The molecular formula is C18H15ClN8O3S. The van der Waals surface area contributed by atoms with Crippen molar-refractivity contribution in [2.45, 2.75) is 17.6 Å². The lowest BCUT2D eigenvalue weighted by molar-refractivity contribution is 0.0949. The van der Waals surface area contributed by atoms with Gasteiger partial charge < -0.3 is 10.2 Å². The largest absolute Gasteiger partial charge is 0.460 e. The summed E-state index contributed by atoms with van der Waals surface area (Å²) < 4.78 is 11.3. The molecule has 31 heavy (non-hydrogen) atoms. The second-order valence-corrected chi connectivity index (χ2v) is 7.64. The lowest BCUT2D eigenvalue weighted by atomic mass is 10.3. The van der Waals surface area contributed by atoms with E-state index >= 15 is 0 Å². The van der Waals surface area contributed by atoms with E-state index in [1.54, 1.807) is 24.3 Å². The summed E-state index contributed by atoms with van der Waals surface area (Å²) in [5.41, 5.74) is 8.69. The van der Waals surface area contributed by atoms with Crippen LogP contribution in [0.5, 0.6) is 0 Å². The molecule has 0 unspecified atom stereocenters. The maximum atomic E-state index is 12.7. The molecule has 3 aromatic heterocycles. The van der Waals surface area contributed by atoms with Gasteiger partial charge in [0.1, 0.15) is 11.5 Å². The van der Waals surface area contributed by atoms with Crippen molar-refractivity contribution in [2.24, 2.45) is 5.10 Å². The molecule has 0 saturated carbocycles. The normalized spacial score (nSPS) is 11.3. The number of nitrogens with one attached hydrogen (secondary N) is 1. The summed E-state index contributed by atoms with van der Waals surface area (Å²) >= 11 is 7.38. The van der Waals surface area contributed by atoms with Crippen LogP contribution < -0.4 is 11.2 Å². The molecule has 11 nitrogen and oxygen atoms in total. The molecule has 13 heteroatoms. The first-order valence-corrected chi connectivity index (χ1v) is 10.2. The Morgan fingerprint density at radius 1 is 1.29 bits per heavy atom. The Hall–Kier alpha value is -3.64. The summed E-state index contributed by atoms with van der Waals surface area (Å²) in [4.78, 5) is 13.6. The van der Waals surface area contributed by atoms with Crippen LogP contribution in [0.25, 0.3) is 5.82 Å². The van der Waals surface area contributed by atoms with E-state index in [0.717, 1.165) is 10.7 Å². The number of hydrogen-bond acceptors (Lipinski definition) is 10. The number of amides is 1. The number of halogens is 1. The number of nitrogens with two attached hydrogens (primary N) is 1. The molecule has 0 fully saturated rings. The molecular weight excluding hydrogens is 444 g/mol. The van der Waals surface area contributed by atoms with Gasteiger partial charge in [0.05, 0.1) is 11.9 Å². The predicted octanol–water partition coefficient (Wildman–Crippen LogP) is 2.84. The van der Waals surface area contributed by atoms with Gasteiger partial charge in [-0.25, -0.2) is 10.1 Å². The molecule has 1 amide bonds. The van der Waals surface area contributed by atoms with Crippen LogP contribution in [-0.4, -0.2) is 37.4 Å². The summed E-state index contributed by atoms with van der Waals surface area (Å²) in [6.07, 6.45) is 1.39. The number of nitrogens with zero attached hydrogens (tertiary/aromatic N) is 6. The Balaban J connectivity index is 1.58. The molecule has 4 aromatic rings. The minimum absolute atomic E-state index is 0.0146. The van der Waals surface area contributed by atoms with Gasteiger partial charge in [0.15, 0.2) is 5.69 Å². The van der Waals surface area contributed by atoms with Crippen LogP contribution in [0.4, 0.5) is 5.82 Å². The van der Waals surface area contributed by atoms with E-state index in [-0.39, 0.29) is 17.3 Å². The molecule has 3 heterocycles. The number of thioether (sulfide) groups is 1. The first-order valence-electron chi connectivity index (χ1n) is 8.82. The number of carbonyl (C=O) groups is 1. The second kappa shape index (κ2) is 9.02. The van der Waals surface area contributed by atoms with Crippen LogP contribution in [-0.2, 0) is 5.75 Å². The number of nitrogen functional groups attached to an aromatic ring is 1. The third kappa shape index (κ3) is 4.75. The van der Waals surface area contributed by atoms with Gasteiger partial charge in [0.2, 0.25) is 11.6 Å². The third-order valence-corrected chi connectivity index (χ3v) is 5.26. The maximum absolute atomic E-state index is 12.7. The number of carbonyl (C=O) groups excluding carboxylic acids is 1. The quantitative estimate of drug-likeness (QED) is 0.242. The van der Waals surface area contributed by atoms with Crippen molar-refractivity contribution >= 4 is 41.3 Å². The van der Waals surface area contributed by atoms with Crippen molar-refractivity contribution in [3.05, 3.63) is 64.3 Å². The molecule has 0 bridgehead atoms. The van der Waals surface area contributed by atoms with Gasteiger partial charge in [-0.1, -0.05) is 16.8 Å². The fraction of sp³-hybridized carbons (Fsp3) is 0.111. The van der Waals surface area contributed by atoms with E-state index in [2.05, 4.69) is 35.8 Å². The minimum atomic E-state index is -0.562. The Morgan fingerprint density at radius 2 is 2.10 bits per heavy atom. The van der Waals surface area contributed by atoms with Crippen molar-refractivity contribution < 1.29 is 13.8 Å². The van der Waals surface area contributed by atoms with Crippen LogP contribution in [0, 0.1) is 6.92 Å². The van der Waals surface area contributed by atoms with E-state index in [1.165, 1.54) is 22.7 Å². The fourth-order valence-electron chi connectivity index (χ4n) is 2.53. The molecule has 1 aromatic carbocycles. The molecule has 0 aliphatic rings. The Bertz CT molecular complexity index is 1230. The van der Waals surface area contributed by atoms with E-state index in [0.29, 0.717) is 22.2 Å². The molecule has 0 aliphatic heterocycles. The van der Waals surface area contributed by atoms with Gasteiger partial charge in [-0.05, 0) is 53.6 Å². The zero-order chi connectivity index (χ0) is 21.8. The average molecular weight is 459 g/mol. The number of furan rings is 1. The van der Waals surface area contributed by atoms with E-state index < -0.39 is 5.91 Å². The van der Waals surface area contributed by atoms with Crippen molar-refractivity contribution in [3.8, 4) is 5.82 Å². The number of benzene rings is 1. The molecule has 0 radical (unpaired) electrons. The summed E-state index contributed by atoms with van der Waals surface area (Å²) in [6, 6.07) is 10.8. The highest BCUT2D eigenvalue weighted by molar-refractivity contribution is 7.98. The number of anilines is 1. The molecule has 158 valence electrons. The lowest BCUT2D eigenvalue weighted by Gasteiger charge is -2.06. The highest BCUT2D eigenvalue weighted by Crippen LogP contribution is 2.27. The number of aryl methyl sites for hydroxylation is 1. The summed E-state index contributed by atoms with van der Waals surface area (Å²) in [7, 11) is 0. The summed E-state index contributed by atoms with van der Waals surface area (Å²) in [6.45, 7) is 1.81. The van der Waals surface area contributed by atoms with Gasteiger partial charge in [0.25, 0.3) is 5.91 Å². The van der Waals surface area contributed by atoms with Crippen LogP contribution in [0.1, 0.15) is 27.7 Å². The number of hydrazone groups is 1. The SMILES string of the molecule is Cc1ccc(/C=N\NC(=O)c2nnn(-c3nonc3N)c2CSc2ccc(Cl)cc2)o1. The fourth-order valence-corrected chi connectivity index (χ4v) is 3.55. The average Bonchev–Trinajstić information content (AvgIpc) is 3.47. The van der Waals surface area contributed by atoms with Gasteiger partial charge in [-0.2, -0.15) is 9.78 Å². The smallest absolute Gasteiger partial charge is 0.293 e. The van der Waals surface area contributed by atoms with Gasteiger partial charge in [0, 0.05) is 15.7 Å². The Kier molecular flexibility index (Phi) is 6.00. The standard InChI is InChI=1S/C18H15ClN8O3S/c1-10-2-5-12(29-10)8-21-23-18(28)15-14(9-31-13-6-3-11(19)4-7-13)27(26-22-15)17-16(20)24-30-25-17/h2-8H,9H2,1H3,(H2,20,24)(H,23,28)/b21-8-. The monoisotopic (exact) mass is 458 g/mol. The van der Waals surface area contributed by atoms with E-state index in [9.17, 15) is 4.79 Å². The van der Waals surface area contributed by atoms with Crippen LogP contribution in [0.3, 0.4) is 0 Å². The topological polar surface area (TPSA) is 150 Å². The van der Waals surface area contributed by atoms with Crippen molar-refractivity contribution in [2.75, 3.05) is 5.73 Å². The zero-order valence-electron chi connectivity index (χ0n) is 16.0. The van der Waals surface area contributed by atoms with E-state index in [1.807, 2.05) is 19.1 Å². The molecule has 0 spiro atoms. The molecule has 4 rings (SSSR count). The van der Waals surface area contributed by atoms with Gasteiger partial charge >= 0.3 is 0 Å². The zero-order valence-corrected chi connectivity index (χ0v) is 17.6. The van der Waals surface area contributed by atoms with Crippen LogP contribution >= 0.6 is 23.4 Å². The van der Waals surface area contributed by atoms with Crippen molar-refractivity contribution in [1.82, 2.24) is 30.7 Å². The Labute approximate surface area is 184 Å². The first-order chi connectivity index (χ1) is 15.0. The molecule has 0 aliphatic carbocycles. The van der Waals surface area contributed by atoms with Crippen LogP contribution in [0.2, 0.25) is 5.02 Å². The minimum Gasteiger partial charge on any atom is -0.460 e. The number of rotatable bonds is 7. The molecule has 0 atom stereocenters. The maximum Gasteiger partial charge on any atom is 0.293 e. The van der Waals surface area contributed by atoms with Crippen LogP contribution in [0.15, 0.2) is 55.4 Å². The highest BCUT2D eigenvalue weighted by Gasteiger charge is 2.24. The van der Waals surface area contributed by atoms with Crippen molar-refractivity contribution in [3.63, 3.8) is 0 Å². The Morgan fingerprint density at radius 3 is 2.77 bits per heavy atom. The summed E-state index contributed by atoms with van der Waals surface area (Å²) in [5, 5.41) is 19.8. The first kappa shape index (κ1) is 20.6. The van der Waals surface area contributed by atoms with Gasteiger partial charge in [-0.15, -0.1) is 16.9 Å². The predicted molar refractivity (Wildman–Crippen MR) is 113 cm³/mol. The highest BCUT2D eigenvalue weighted by atomic mass is 35.5. The van der Waals surface area contributed by atoms with E-state index in [4.69, 9.17) is 21.8 Å². The summed E-state index contributed by atoms with van der Waals surface area (Å²) in [5.74, 6) is 1.14. The molecule has 3 N–H and O–H groups in total. The number of hydrogen-bond donors (Lipinski definition) is 2. The number of aromatic nitrogens is 5. The second-order valence-electron chi connectivity index (χ2n) is 6.16. The van der Waals surface area contributed by atoms with Gasteiger partial charge in [-0.3, -0.25) is 4.79 Å². The third-order valence-electron chi connectivity index (χ3n) is 3.98. The molecule has 0 saturated heterocycles. The lowest BCUT2D eigenvalue weighted by Crippen LogP contribution is -2.20.